The van der Waals surface area contributed by atoms with Gasteiger partial charge in [0.05, 0.1) is 5.92 Å². The van der Waals surface area contributed by atoms with Crippen molar-refractivity contribution in [2.75, 3.05) is 0 Å². The lowest BCUT2D eigenvalue weighted by molar-refractivity contribution is -0.144. The Morgan fingerprint density at radius 2 is 1.63 bits per heavy atom. The summed E-state index contributed by atoms with van der Waals surface area (Å²) < 4.78 is 12.9. The van der Waals surface area contributed by atoms with Crippen LogP contribution in [0.4, 0.5) is 4.39 Å². The first-order valence-corrected chi connectivity index (χ1v) is 6.60. The third kappa shape index (κ3) is 1.95. The lowest BCUT2D eigenvalue weighted by Crippen LogP contribution is -2.34. The molecule has 1 aromatic rings. The van der Waals surface area contributed by atoms with Gasteiger partial charge in [0.25, 0.3) is 0 Å². The Labute approximate surface area is 110 Å². The van der Waals surface area contributed by atoms with Gasteiger partial charge in [-0.05, 0) is 55.4 Å². The fourth-order valence-corrected chi connectivity index (χ4v) is 3.83. The van der Waals surface area contributed by atoms with Gasteiger partial charge in [-0.3, -0.25) is 9.59 Å². The largest absolute Gasteiger partial charge is 0.481 e. The number of rotatable bonds is 3. The number of Topliss-reactive ketones (excluding diaryl/α,β-unsaturated/α-hetero) is 1. The maximum absolute atomic E-state index is 12.9. The van der Waals surface area contributed by atoms with Gasteiger partial charge in [0.1, 0.15) is 5.82 Å². The first-order valence-electron chi connectivity index (χ1n) is 6.60. The van der Waals surface area contributed by atoms with Crippen LogP contribution < -0.4 is 0 Å². The van der Waals surface area contributed by atoms with Crippen molar-refractivity contribution in [2.24, 2.45) is 23.7 Å². The van der Waals surface area contributed by atoms with Gasteiger partial charge in [-0.1, -0.05) is 0 Å². The van der Waals surface area contributed by atoms with Crippen LogP contribution in [-0.4, -0.2) is 16.9 Å². The number of ketones is 1. The van der Waals surface area contributed by atoms with Gasteiger partial charge in [-0.2, -0.15) is 0 Å². The molecule has 0 spiro atoms. The third-order valence-corrected chi connectivity index (χ3v) is 4.63. The fraction of sp³-hybridized carbons (Fsp3) is 0.467. The highest BCUT2D eigenvalue weighted by molar-refractivity contribution is 6.00. The molecule has 0 unspecified atom stereocenters. The molecule has 0 aromatic heterocycles. The van der Waals surface area contributed by atoms with Crippen molar-refractivity contribution in [1.29, 1.82) is 0 Å². The summed E-state index contributed by atoms with van der Waals surface area (Å²) in [5.74, 6) is -2.06. The monoisotopic (exact) mass is 262 g/mol. The number of carbonyl (C=O) groups is 2. The Morgan fingerprint density at radius 3 is 2.21 bits per heavy atom. The molecule has 2 bridgehead atoms. The quantitative estimate of drug-likeness (QED) is 0.852. The summed E-state index contributed by atoms with van der Waals surface area (Å²) in [6.07, 6.45) is 2.69. The SMILES string of the molecule is O=C(c1ccc(F)cc1)[C@@H]1[C@@H]2CC[C@@H](C2)[C@@H]1C(=O)O. The van der Waals surface area contributed by atoms with E-state index in [0.717, 1.165) is 19.3 Å². The molecule has 2 aliphatic rings. The summed E-state index contributed by atoms with van der Waals surface area (Å²) in [7, 11) is 0. The molecule has 0 heterocycles. The second-order valence-electron chi connectivity index (χ2n) is 5.59. The minimum Gasteiger partial charge on any atom is -0.481 e. The van der Waals surface area contributed by atoms with E-state index in [-0.39, 0.29) is 23.4 Å². The topological polar surface area (TPSA) is 54.4 Å². The first kappa shape index (κ1) is 12.3. The predicted molar refractivity (Wildman–Crippen MR) is 66.2 cm³/mol. The van der Waals surface area contributed by atoms with Crippen molar-refractivity contribution in [3.63, 3.8) is 0 Å². The first-order chi connectivity index (χ1) is 9.08. The summed E-state index contributed by atoms with van der Waals surface area (Å²) in [6, 6.07) is 5.39. The zero-order chi connectivity index (χ0) is 13.6. The van der Waals surface area contributed by atoms with Gasteiger partial charge >= 0.3 is 5.97 Å². The van der Waals surface area contributed by atoms with Gasteiger partial charge in [-0.15, -0.1) is 0 Å². The minimum absolute atomic E-state index is 0.136. The second kappa shape index (κ2) is 4.44. The number of benzene rings is 1. The molecule has 1 aromatic carbocycles. The molecule has 0 saturated heterocycles. The number of carbonyl (C=O) groups excluding carboxylic acids is 1. The van der Waals surface area contributed by atoms with Crippen LogP contribution in [0.5, 0.6) is 0 Å². The fourth-order valence-electron chi connectivity index (χ4n) is 3.83. The van der Waals surface area contributed by atoms with E-state index in [4.69, 9.17) is 0 Å². The molecule has 2 fully saturated rings. The molecule has 2 saturated carbocycles. The summed E-state index contributed by atoms with van der Waals surface area (Å²) in [5.41, 5.74) is 0.421. The van der Waals surface area contributed by atoms with Crippen molar-refractivity contribution >= 4 is 11.8 Å². The molecule has 3 rings (SSSR count). The molecule has 2 aliphatic carbocycles. The zero-order valence-electron chi connectivity index (χ0n) is 10.4. The van der Waals surface area contributed by atoms with Crippen molar-refractivity contribution in [1.82, 2.24) is 0 Å². The van der Waals surface area contributed by atoms with Crippen LogP contribution in [0.3, 0.4) is 0 Å². The number of carboxylic acids is 1. The van der Waals surface area contributed by atoms with E-state index in [1.165, 1.54) is 24.3 Å². The van der Waals surface area contributed by atoms with E-state index < -0.39 is 17.8 Å². The third-order valence-electron chi connectivity index (χ3n) is 4.63. The van der Waals surface area contributed by atoms with Crippen LogP contribution in [0.15, 0.2) is 24.3 Å². The maximum atomic E-state index is 12.9. The number of halogens is 1. The van der Waals surface area contributed by atoms with Crippen LogP contribution in [-0.2, 0) is 4.79 Å². The molecule has 4 heteroatoms. The van der Waals surface area contributed by atoms with E-state index in [1.54, 1.807) is 0 Å². The Bertz CT molecular complexity index is 523. The molecular formula is C15H15FO3. The van der Waals surface area contributed by atoms with Crippen molar-refractivity contribution in [3.8, 4) is 0 Å². The van der Waals surface area contributed by atoms with Crippen LogP contribution in [0.25, 0.3) is 0 Å². The van der Waals surface area contributed by atoms with Gasteiger partial charge in [0.15, 0.2) is 5.78 Å². The van der Waals surface area contributed by atoms with Gasteiger partial charge in [-0.25, -0.2) is 4.39 Å². The van der Waals surface area contributed by atoms with E-state index >= 15 is 0 Å². The standard InChI is InChI=1S/C15H15FO3/c16-11-5-3-8(4-6-11)14(17)12-9-1-2-10(7-9)13(12)15(18)19/h3-6,9-10,12-13H,1-2,7H2,(H,18,19)/t9-,10+,12-,13+/m1/s1. The van der Waals surface area contributed by atoms with Crippen LogP contribution >= 0.6 is 0 Å². The Morgan fingerprint density at radius 1 is 1.05 bits per heavy atom. The number of fused-ring (bicyclic) bond motifs is 2. The molecule has 100 valence electrons. The number of hydrogen-bond acceptors (Lipinski definition) is 2. The highest BCUT2D eigenvalue weighted by Gasteiger charge is 2.53. The summed E-state index contributed by atoms with van der Waals surface area (Å²) >= 11 is 0. The zero-order valence-corrected chi connectivity index (χ0v) is 10.4. The summed E-state index contributed by atoms with van der Waals surface area (Å²) in [6.45, 7) is 0. The highest BCUT2D eigenvalue weighted by atomic mass is 19.1. The van der Waals surface area contributed by atoms with Gasteiger partial charge < -0.3 is 5.11 Å². The van der Waals surface area contributed by atoms with Crippen molar-refractivity contribution in [3.05, 3.63) is 35.6 Å². The number of carboxylic acid groups (broad SMARTS) is 1. The lowest BCUT2D eigenvalue weighted by Gasteiger charge is -2.26. The van der Waals surface area contributed by atoms with Gasteiger partial charge in [0, 0.05) is 11.5 Å². The van der Waals surface area contributed by atoms with Crippen LogP contribution in [0.1, 0.15) is 29.6 Å². The van der Waals surface area contributed by atoms with Crippen molar-refractivity contribution in [2.45, 2.75) is 19.3 Å². The average Bonchev–Trinajstić information content (AvgIpc) is 2.98. The molecule has 1 N–H and O–H groups in total. The number of hydrogen-bond donors (Lipinski definition) is 1. The lowest BCUT2D eigenvalue weighted by atomic mass is 9.75. The van der Waals surface area contributed by atoms with Crippen LogP contribution in [0.2, 0.25) is 0 Å². The molecule has 0 aliphatic heterocycles. The molecule has 4 atom stereocenters. The van der Waals surface area contributed by atoms with Crippen LogP contribution in [0, 0.1) is 29.5 Å². The van der Waals surface area contributed by atoms with Gasteiger partial charge in [0.2, 0.25) is 0 Å². The summed E-state index contributed by atoms with van der Waals surface area (Å²) in [4.78, 5) is 23.9. The molecule has 3 nitrogen and oxygen atoms in total. The molecule has 0 radical (unpaired) electrons. The smallest absolute Gasteiger partial charge is 0.307 e. The Balaban J connectivity index is 1.90. The van der Waals surface area contributed by atoms with E-state index in [0.29, 0.717) is 5.56 Å². The minimum atomic E-state index is -0.868. The molecular weight excluding hydrogens is 247 g/mol. The predicted octanol–water partition coefficient (Wildman–Crippen LogP) is 2.76. The average molecular weight is 262 g/mol. The van der Waals surface area contributed by atoms with E-state index in [2.05, 4.69) is 0 Å². The normalized spacial score (nSPS) is 32.5. The van der Waals surface area contributed by atoms with E-state index in [9.17, 15) is 19.1 Å². The second-order valence-corrected chi connectivity index (χ2v) is 5.59. The van der Waals surface area contributed by atoms with E-state index in [1.807, 2.05) is 0 Å². The Hall–Kier alpha value is -1.71. The number of aliphatic carboxylic acids is 1. The highest BCUT2D eigenvalue weighted by Crippen LogP contribution is 2.53. The summed E-state index contributed by atoms with van der Waals surface area (Å²) in [5, 5.41) is 9.33. The Kier molecular flexibility index (Phi) is 2.88. The van der Waals surface area contributed by atoms with Crippen molar-refractivity contribution < 1.29 is 19.1 Å². The maximum Gasteiger partial charge on any atom is 0.307 e. The molecule has 19 heavy (non-hydrogen) atoms. The molecule has 0 amide bonds.